The number of nitrogens with one attached hydrogen (secondary N) is 1. The molecular formula is C13H16N2. The fourth-order valence-corrected chi connectivity index (χ4v) is 2.73. The molecule has 0 atom stereocenters. The first kappa shape index (κ1) is 8.96. The Bertz CT molecular complexity index is 452. The Labute approximate surface area is 89.7 Å². The minimum absolute atomic E-state index is 0.741. The Morgan fingerprint density at radius 2 is 2.00 bits per heavy atom. The standard InChI is InChI=1S/C13H16N2/c1-2-5-10(6-3-1)11-7-4-8-12-13(11)15-9-14-12/h4,7-10H,1-3,5-6H2,(H,14,15). The molecule has 0 saturated heterocycles. The summed E-state index contributed by atoms with van der Waals surface area (Å²) in [6.45, 7) is 0. The van der Waals surface area contributed by atoms with E-state index in [2.05, 4.69) is 28.2 Å². The number of hydrogen-bond donors (Lipinski definition) is 1. The quantitative estimate of drug-likeness (QED) is 0.748. The van der Waals surface area contributed by atoms with Crippen LogP contribution in [0.2, 0.25) is 0 Å². The number of H-pyrrole nitrogens is 1. The van der Waals surface area contributed by atoms with Crippen LogP contribution >= 0.6 is 0 Å². The van der Waals surface area contributed by atoms with Crippen LogP contribution in [0.1, 0.15) is 43.6 Å². The molecule has 1 fully saturated rings. The summed E-state index contributed by atoms with van der Waals surface area (Å²) in [7, 11) is 0. The summed E-state index contributed by atoms with van der Waals surface area (Å²) in [5.74, 6) is 0.741. The summed E-state index contributed by atoms with van der Waals surface area (Å²) in [4.78, 5) is 7.63. The number of hydrogen-bond acceptors (Lipinski definition) is 1. The lowest BCUT2D eigenvalue weighted by Crippen LogP contribution is -2.04. The molecule has 0 aliphatic heterocycles. The van der Waals surface area contributed by atoms with Crippen LogP contribution in [0.25, 0.3) is 11.0 Å². The highest BCUT2D eigenvalue weighted by atomic mass is 14.9. The van der Waals surface area contributed by atoms with E-state index < -0.39 is 0 Å². The third kappa shape index (κ3) is 1.54. The van der Waals surface area contributed by atoms with Gasteiger partial charge in [-0.05, 0) is 30.4 Å². The van der Waals surface area contributed by atoms with Crippen LogP contribution in [0.3, 0.4) is 0 Å². The molecule has 0 unspecified atom stereocenters. The summed E-state index contributed by atoms with van der Waals surface area (Å²) in [6, 6.07) is 6.50. The van der Waals surface area contributed by atoms with Crippen LogP contribution in [-0.4, -0.2) is 9.97 Å². The first-order chi connectivity index (χ1) is 7.45. The van der Waals surface area contributed by atoms with Crippen molar-refractivity contribution in [1.82, 2.24) is 9.97 Å². The van der Waals surface area contributed by atoms with E-state index in [4.69, 9.17) is 0 Å². The Hall–Kier alpha value is -1.31. The monoisotopic (exact) mass is 200 g/mol. The molecule has 1 aliphatic carbocycles. The second kappa shape index (κ2) is 3.69. The summed E-state index contributed by atoms with van der Waals surface area (Å²) < 4.78 is 0. The highest BCUT2D eigenvalue weighted by molar-refractivity contribution is 5.78. The molecule has 3 rings (SSSR count). The number of imidazole rings is 1. The number of para-hydroxylation sites is 1. The van der Waals surface area contributed by atoms with Gasteiger partial charge in [0, 0.05) is 0 Å². The molecule has 2 heteroatoms. The van der Waals surface area contributed by atoms with Crippen LogP contribution in [0.15, 0.2) is 24.5 Å². The van der Waals surface area contributed by atoms with Crippen LogP contribution in [0, 0.1) is 0 Å². The van der Waals surface area contributed by atoms with Crippen molar-refractivity contribution in [3.05, 3.63) is 30.1 Å². The second-order valence-corrected chi connectivity index (χ2v) is 4.48. The van der Waals surface area contributed by atoms with E-state index in [9.17, 15) is 0 Å². The Kier molecular flexibility index (Phi) is 2.20. The van der Waals surface area contributed by atoms with Crippen molar-refractivity contribution in [3.8, 4) is 0 Å². The van der Waals surface area contributed by atoms with Crippen molar-refractivity contribution in [2.24, 2.45) is 0 Å². The Morgan fingerprint density at radius 3 is 2.87 bits per heavy atom. The van der Waals surface area contributed by atoms with Gasteiger partial charge in [-0.15, -0.1) is 0 Å². The largest absolute Gasteiger partial charge is 0.345 e. The molecule has 1 aliphatic rings. The third-order valence-corrected chi connectivity index (χ3v) is 3.53. The molecule has 2 nitrogen and oxygen atoms in total. The zero-order valence-electron chi connectivity index (χ0n) is 8.87. The number of rotatable bonds is 1. The summed E-state index contributed by atoms with van der Waals surface area (Å²) >= 11 is 0. The van der Waals surface area contributed by atoms with E-state index in [1.54, 1.807) is 6.33 Å². The predicted molar refractivity (Wildman–Crippen MR) is 61.9 cm³/mol. The first-order valence-corrected chi connectivity index (χ1v) is 5.87. The van der Waals surface area contributed by atoms with E-state index in [0.717, 1.165) is 5.92 Å². The van der Waals surface area contributed by atoms with Gasteiger partial charge < -0.3 is 4.98 Å². The summed E-state index contributed by atoms with van der Waals surface area (Å²) in [5, 5.41) is 0. The van der Waals surface area contributed by atoms with Crippen LogP contribution in [0.4, 0.5) is 0 Å². The van der Waals surface area contributed by atoms with Gasteiger partial charge in [0.2, 0.25) is 0 Å². The Morgan fingerprint density at radius 1 is 1.13 bits per heavy atom. The predicted octanol–water partition coefficient (Wildman–Crippen LogP) is 3.61. The van der Waals surface area contributed by atoms with Gasteiger partial charge in [0.1, 0.15) is 0 Å². The number of aromatic nitrogens is 2. The van der Waals surface area contributed by atoms with Gasteiger partial charge in [-0.3, -0.25) is 0 Å². The first-order valence-electron chi connectivity index (χ1n) is 5.87. The maximum absolute atomic E-state index is 4.44. The zero-order chi connectivity index (χ0) is 10.1. The van der Waals surface area contributed by atoms with Gasteiger partial charge in [-0.1, -0.05) is 31.4 Å². The van der Waals surface area contributed by atoms with Gasteiger partial charge in [-0.2, -0.15) is 0 Å². The van der Waals surface area contributed by atoms with Crippen LogP contribution < -0.4 is 0 Å². The maximum atomic E-state index is 4.44. The highest BCUT2D eigenvalue weighted by Crippen LogP contribution is 2.35. The lowest BCUT2D eigenvalue weighted by atomic mass is 9.83. The maximum Gasteiger partial charge on any atom is 0.0931 e. The molecule has 1 aromatic heterocycles. The minimum Gasteiger partial charge on any atom is -0.345 e. The molecule has 2 aromatic rings. The lowest BCUT2D eigenvalue weighted by molar-refractivity contribution is 0.445. The SMILES string of the molecule is c1cc(C2CCCCC2)c2nc[nH]c2c1. The van der Waals surface area contributed by atoms with Gasteiger partial charge in [-0.25, -0.2) is 4.98 Å². The van der Waals surface area contributed by atoms with Crippen molar-refractivity contribution in [2.45, 2.75) is 38.0 Å². The van der Waals surface area contributed by atoms with E-state index in [0.29, 0.717) is 0 Å². The molecular weight excluding hydrogens is 184 g/mol. The fourth-order valence-electron chi connectivity index (χ4n) is 2.73. The number of fused-ring (bicyclic) bond motifs is 1. The molecule has 15 heavy (non-hydrogen) atoms. The molecule has 1 aromatic carbocycles. The van der Waals surface area contributed by atoms with E-state index >= 15 is 0 Å². The number of aromatic amines is 1. The molecule has 1 N–H and O–H groups in total. The van der Waals surface area contributed by atoms with Gasteiger partial charge in [0.25, 0.3) is 0 Å². The molecule has 78 valence electrons. The topological polar surface area (TPSA) is 28.7 Å². The summed E-state index contributed by atoms with van der Waals surface area (Å²) in [5.41, 5.74) is 3.82. The van der Waals surface area contributed by atoms with Crippen molar-refractivity contribution in [1.29, 1.82) is 0 Å². The molecule has 0 spiro atoms. The normalized spacial score (nSPS) is 18.4. The average molecular weight is 200 g/mol. The van der Waals surface area contributed by atoms with E-state index in [1.807, 2.05) is 0 Å². The number of nitrogens with zero attached hydrogens (tertiary/aromatic N) is 1. The van der Waals surface area contributed by atoms with E-state index in [1.165, 1.54) is 48.7 Å². The lowest BCUT2D eigenvalue weighted by Gasteiger charge is -2.22. The van der Waals surface area contributed by atoms with E-state index in [-0.39, 0.29) is 0 Å². The molecule has 0 amide bonds. The highest BCUT2D eigenvalue weighted by Gasteiger charge is 2.18. The van der Waals surface area contributed by atoms with Crippen molar-refractivity contribution in [3.63, 3.8) is 0 Å². The Balaban J connectivity index is 2.05. The molecule has 0 bridgehead atoms. The van der Waals surface area contributed by atoms with Gasteiger partial charge in [0.05, 0.1) is 17.4 Å². The van der Waals surface area contributed by atoms with Crippen molar-refractivity contribution in [2.75, 3.05) is 0 Å². The van der Waals surface area contributed by atoms with Crippen molar-refractivity contribution < 1.29 is 0 Å². The van der Waals surface area contributed by atoms with Crippen LogP contribution in [-0.2, 0) is 0 Å². The molecule has 1 heterocycles. The van der Waals surface area contributed by atoms with Gasteiger partial charge >= 0.3 is 0 Å². The number of benzene rings is 1. The van der Waals surface area contributed by atoms with Crippen LogP contribution in [0.5, 0.6) is 0 Å². The summed E-state index contributed by atoms with van der Waals surface area (Å²) in [6.07, 6.45) is 8.65. The fraction of sp³-hybridized carbons (Fsp3) is 0.462. The molecule has 1 saturated carbocycles. The smallest absolute Gasteiger partial charge is 0.0931 e. The van der Waals surface area contributed by atoms with Crippen molar-refractivity contribution >= 4 is 11.0 Å². The van der Waals surface area contributed by atoms with Gasteiger partial charge in [0.15, 0.2) is 0 Å². The zero-order valence-corrected chi connectivity index (χ0v) is 8.87. The average Bonchev–Trinajstić information content (AvgIpc) is 2.78. The molecule has 0 radical (unpaired) electrons. The second-order valence-electron chi connectivity index (χ2n) is 4.48. The minimum atomic E-state index is 0.741. The third-order valence-electron chi connectivity index (χ3n) is 3.53.